The van der Waals surface area contributed by atoms with Gasteiger partial charge in [0.05, 0.1) is 20.3 Å². The summed E-state index contributed by atoms with van der Waals surface area (Å²) in [7, 11) is 3.38. The SMILES string of the molecule is CCNC(=S)N[C@H](C)[C@H]1c2cc(OC)c(OC)cc2CCN1Cc1cccc(C)c1. The molecule has 0 unspecified atom stereocenters. The Morgan fingerprint density at radius 1 is 1.20 bits per heavy atom. The Hall–Kier alpha value is -2.31. The summed E-state index contributed by atoms with van der Waals surface area (Å²) in [6.07, 6.45) is 0.975. The third kappa shape index (κ3) is 5.05. The van der Waals surface area contributed by atoms with E-state index in [1.54, 1.807) is 14.2 Å². The van der Waals surface area contributed by atoms with Gasteiger partial charge in [-0.1, -0.05) is 29.8 Å². The summed E-state index contributed by atoms with van der Waals surface area (Å²) in [4.78, 5) is 2.54. The Morgan fingerprint density at radius 3 is 2.60 bits per heavy atom. The molecule has 0 fully saturated rings. The van der Waals surface area contributed by atoms with Crippen LogP contribution in [0.5, 0.6) is 11.5 Å². The molecule has 2 aromatic rings. The molecule has 2 aromatic carbocycles. The predicted molar refractivity (Wildman–Crippen MR) is 126 cm³/mol. The van der Waals surface area contributed by atoms with Crippen LogP contribution in [0.4, 0.5) is 0 Å². The first-order valence-corrected chi connectivity index (χ1v) is 11.0. The predicted octanol–water partition coefficient (Wildman–Crippen LogP) is 3.98. The molecular formula is C24H33N3O2S. The van der Waals surface area contributed by atoms with Gasteiger partial charge < -0.3 is 20.1 Å². The van der Waals surface area contributed by atoms with E-state index in [2.05, 4.69) is 72.7 Å². The lowest BCUT2D eigenvalue weighted by Crippen LogP contribution is -2.49. The summed E-state index contributed by atoms with van der Waals surface area (Å²) in [5, 5.41) is 7.39. The largest absolute Gasteiger partial charge is 0.493 e. The van der Waals surface area contributed by atoms with E-state index in [1.807, 2.05) is 0 Å². The Bertz CT molecular complexity index is 887. The monoisotopic (exact) mass is 427 g/mol. The van der Waals surface area contributed by atoms with Gasteiger partial charge >= 0.3 is 0 Å². The van der Waals surface area contributed by atoms with Crippen molar-refractivity contribution < 1.29 is 9.47 Å². The highest BCUT2D eigenvalue weighted by atomic mass is 32.1. The number of hydrogen-bond acceptors (Lipinski definition) is 4. The maximum Gasteiger partial charge on any atom is 0.166 e. The molecule has 2 atom stereocenters. The number of methoxy groups -OCH3 is 2. The fraction of sp³-hybridized carbons (Fsp3) is 0.458. The van der Waals surface area contributed by atoms with E-state index >= 15 is 0 Å². The molecular weight excluding hydrogens is 394 g/mol. The van der Waals surface area contributed by atoms with Crippen LogP contribution in [0.3, 0.4) is 0 Å². The van der Waals surface area contributed by atoms with E-state index in [0.29, 0.717) is 5.11 Å². The van der Waals surface area contributed by atoms with Gasteiger partial charge in [-0.2, -0.15) is 0 Å². The molecule has 0 radical (unpaired) electrons. The van der Waals surface area contributed by atoms with Crippen molar-refractivity contribution in [2.75, 3.05) is 27.3 Å². The number of nitrogens with zero attached hydrogens (tertiary/aromatic N) is 1. The number of fused-ring (bicyclic) bond motifs is 1. The van der Waals surface area contributed by atoms with Crippen molar-refractivity contribution in [1.82, 2.24) is 15.5 Å². The molecule has 0 aliphatic carbocycles. The molecule has 0 amide bonds. The molecule has 0 spiro atoms. The first kappa shape index (κ1) is 22.4. The quantitative estimate of drug-likeness (QED) is 0.652. The summed E-state index contributed by atoms with van der Waals surface area (Å²) in [6.45, 7) is 9.06. The van der Waals surface area contributed by atoms with Gasteiger partial charge in [-0.3, -0.25) is 4.90 Å². The average molecular weight is 428 g/mol. The summed E-state index contributed by atoms with van der Waals surface area (Å²) in [5.41, 5.74) is 5.18. The highest BCUT2D eigenvalue weighted by Gasteiger charge is 2.33. The van der Waals surface area contributed by atoms with E-state index in [9.17, 15) is 0 Å². The van der Waals surface area contributed by atoms with Gasteiger partial charge in [0.15, 0.2) is 16.6 Å². The average Bonchev–Trinajstić information content (AvgIpc) is 2.72. The van der Waals surface area contributed by atoms with Crippen molar-refractivity contribution in [1.29, 1.82) is 0 Å². The van der Waals surface area contributed by atoms with Gasteiger partial charge in [-0.05, 0) is 68.2 Å². The van der Waals surface area contributed by atoms with E-state index < -0.39 is 0 Å². The van der Waals surface area contributed by atoms with Gasteiger partial charge in [-0.15, -0.1) is 0 Å². The number of aryl methyl sites for hydroxylation is 1. The van der Waals surface area contributed by atoms with Crippen LogP contribution < -0.4 is 20.1 Å². The topological polar surface area (TPSA) is 45.8 Å². The lowest BCUT2D eigenvalue weighted by molar-refractivity contribution is 0.149. The van der Waals surface area contributed by atoms with E-state index in [4.69, 9.17) is 21.7 Å². The third-order valence-electron chi connectivity index (χ3n) is 5.66. The van der Waals surface area contributed by atoms with Crippen molar-refractivity contribution in [3.05, 3.63) is 58.7 Å². The van der Waals surface area contributed by atoms with Gasteiger partial charge in [0.25, 0.3) is 0 Å². The van der Waals surface area contributed by atoms with E-state index in [1.165, 1.54) is 22.3 Å². The second-order valence-corrected chi connectivity index (χ2v) is 8.26. The molecule has 30 heavy (non-hydrogen) atoms. The first-order chi connectivity index (χ1) is 14.5. The molecule has 162 valence electrons. The summed E-state index contributed by atoms with van der Waals surface area (Å²) < 4.78 is 11.2. The Kier molecular flexibility index (Phi) is 7.56. The van der Waals surface area contributed by atoms with Crippen molar-refractivity contribution >= 4 is 17.3 Å². The Morgan fingerprint density at radius 2 is 1.93 bits per heavy atom. The maximum absolute atomic E-state index is 5.62. The molecule has 3 rings (SSSR count). The minimum absolute atomic E-state index is 0.124. The standard InChI is InChI=1S/C24H33N3O2S/c1-6-25-24(30)26-17(3)23-20-14-22(29-5)21(28-4)13-19(20)10-11-27(23)15-18-9-7-8-16(2)12-18/h7-9,12-14,17,23H,6,10-11,15H2,1-5H3,(H2,25,26,30)/t17-,23+/m1/s1. The highest BCUT2D eigenvalue weighted by molar-refractivity contribution is 7.80. The molecule has 1 aliphatic rings. The van der Waals surface area contributed by atoms with Crippen molar-refractivity contribution in [2.45, 2.75) is 45.8 Å². The summed E-state index contributed by atoms with van der Waals surface area (Å²) >= 11 is 5.49. The molecule has 5 nitrogen and oxygen atoms in total. The zero-order valence-electron chi connectivity index (χ0n) is 18.6. The lowest BCUT2D eigenvalue weighted by atomic mass is 9.87. The van der Waals surface area contributed by atoms with Crippen molar-refractivity contribution in [3.63, 3.8) is 0 Å². The van der Waals surface area contributed by atoms with Crippen LogP contribution >= 0.6 is 12.2 Å². The third-order valence-corrected chi connectivity index (χ3v) is 5.93. The lowest BCUT2D eigenvalue weighted by Gasteiger charge is -2.41. The first-order valence-electron chi connectivity index (χ1n) is 10.6. The fourth-order valence-corrected chi connectivity index (χ4v) is 4.66. The van der Waals surface area contributed by atoms with E-state index in [-0.39, 0.29) is 12.1 Å². The molecule has 0 saturated carbocycles. The zero-order valence-corrected chi connectivity index (χ0v) is 19.4. The van der Waals surface area contributed by atoms with Gasteiger partial charge in [0.2, 0.25) is 0 Å². The Labute approximate surface area is 185 Å². The van der Waals surface area contributed by atoms with Gasteiger partial charge in [0.1, 0.15) is 0 Å². The molecule has 1 heterocycles. The van der Waals surface area contributed by atoms with Gasteiger partial charge in [-0.25, -0.2) is 0 Å². The molecule has 6 heteroatoms. The summed E-state index contributed by atoms with van der Waals surface area (Å²) in [6, 6.07) is 13.3. The minimum atomic E-state index is 0.124. The molecule has 0 saturated heterocycles. The second-order valence-electron chi connectivity index (χ2n) is 7.85. The Balaban J connectivity index is 1.97. The van der Waals surface area contributed by atoms with Crippen LogP contribution in [0, 0.1) is 6.92 Å². The van der Waals surface area contributed by atoms with Crippen LogP contribution in [-0.4, -0.2) is 43.4 Å². The molecule has 0 bridgehead atoms. The number of benzene rings is 2. The minimum Gasteiger partial charge on any atom is -0.493 e. The number of ether oxygens (including phenoxy) is 2. The van der Waals surface area contributed by atoms with Gasteiger partial charge in [0, 0.05) is 25.7 Å². The van der Waals surface area contributed by atoms with Crippen molar-refractivity contribution in [2.24, 2.45) is 0 Å². The van der Waals surface area contributed by atoms with Crippen LogP contribution in [-0.2, 0) is 13.0 Å². The number of nitrogens with one attached hydrogen (secondary N) is 2. The van der Waals surface area contributed by atoms with Crippen LogP contribution in [0.1, 0.15) is 42.1 Å². The smallest absolute Gasteiger partial charge is 0.166 e. The van der Waals surface area contributed by atoms with E-state index in [0.717, 1.165) is 37.6 Å². The molecule has 0 aromatic heterocycles. The highest BCUT2D eigenvalue weighted by Crippen LogP contribution is 2.40. The van der Waals surface area contributed by atoms with Crippen molar-refractivity contribution in [3.8, 4) is 11.5 Å². The number of hydrogen-bond donors (Lipinski definition) is 2. The normalized spacial score (nSPS) is 17.0. The number of rotatable bonds is 7. The van der Waals surface area contributed by atoms with Crippen LogP contribution in [0.25, 0.3) is 0 Å². The zero-order chi connectivity index (χ0) is 21.7. The van der Waals surface area contributed by atoms with Crippen LogP contribution in [0.15, 0.2) is 36.4 Å². The molecule has 1 aliphatic heterocycles. The number of thiocarbonyl (C=S) groups is 1. The maximum atomic E-state index is 5.62. The fourth-order valence-electron chi connectivity index (χ4n) is 4.33. The summed E-state index contributed by atoms with van der Waals surface area (Å²) in [5.74, 6) is 1.55. The van der Waals surface area contributed by atoms with Crippen LogP contribution in [0.2, 0.25) is 0 Å². The molecule has 2 N–H and O–H groups in total. The second kappa shape index (κ2) is 10.1.